The Hall–Kier alpha value is -3.33. The van der Waals surface area contributed by atoms with Gasteiger partial charge in [-0.15, -0.1) is 0 Å². The highest BCUT2D eigenvalue weighted by Crippen LogP contribution is 2.40. The van der Waals surface area contributed by atoms with Gasteiger partial charge in [0.2, 0.25) is 5.95 Å². The molecule has 210 valence electrons. The fraction of sp³-hybridized carbons (Fsp3) is 0.567. The largest absolute Gasteiger partial charge is 0.495 e. The number of hydrogen-bond acceptors (Lipinski definition) is 8. The number of fused-ring (bicyclic) bond motifs is 1. The third-order valence-corrected chi connectivity index (χ3v) is 8.60. The van der Waals surface area contributed by atoms with E-state index in [0.29, 0.717) is 29.2 Å². The van der Waals surface area contributed by atoms with E-state index >= 15 is 0 Å². The van der Waals surface area contributed by atoms with Gasteiger partial charge < -0.3 is 30.5 Å². The van der Waals surface area contributed by atoms with Gasteiger partial charge in [-0.05, 0) is 63.4 Å². The molecule has 2 aliphatic heterocycles. The number of carbonyl (C=O) groups excluding carboxylic acids is 1. The van der Waals surface area contributed by atoms with Gasteiger partial charge in [0.15, 0.2) is 5.82 Å². The van der Waals surface area contributed by atoms with Gasteiger partial charge in [0.25, 0.3) is 5.91 Å². The van der Waals surface area contributed by atoms with Gasteiger partial charge in [-0.25, -0.2) is 4.98 Å². The molecule has 1 aromatic carbocycles. The molecule has 0 bridgehead atoms. The lowest BCUT2D eigenvalue weighted by Gasteiger charge is -2.36. The summed E-state index contributed by atoms with van der Waals surface area (Å²) in [5, 5.41) is 9.84. The molecule has 1 saturated carbocycles. The smallest absolute Gasteiger partial charge is 0.251 e. The first-order valence-corrected chi connectivity index (χ1v) is 14.5. The minimum Gasteiger partial charge on any atom is -0.495 e. The summed E-state index contributed by atoms with van der Waals surface area (Å²) < 4.78 is 5.67. The Kier molecular flexibility index (Phi) is 8.55. The molecule has 9 heteroatoms. The first-order chi connectivity index (χ1) is 19.0. The SMILES string of the molecule is C=C1C(CC)CN(C2CCCCC2)c2nc(Nc3ccc(C(=O)NC4CCNCC4)cc3OC)ncc2N1C. The van der Waals surface area contributed by atoms with E-state index in [0.717, 1.165) is 61.8 Å². The Morgan fingerprint density at radius 1 is 1.18 bits per heavy atom. The predicted octanol–water partition coefficient (Wildman–Crippen LogP) is 4.84. The number of benzene rings is 1. The summed E-state index contributed by atoms with van der Waals surface area (Å²) in [6.45, 7) is 9.44. The van der Waals surface area contributed by atoms with Crippen molar-refractivity contribution in [2.75, 3.05) is 48.9 Å². The number of ether oxygens (including phenoxy) is 1. The maximum atomic E-state index is 12.9. The molecule has 9 nitrogen and oxygen atoms in total. The normalized spacial score (nSPS) is 20.8. The molecule has 3 N–H and O–H groups in total. The Morgan fingerprint density at radius 2 is 1.95 bits per heavy atom. The molecular formula is C30H43N7O2. The first-order valence-electron chi connectivity index (χ1n) is 14.5. The Morgan fingerprint density at radius 3 is 2.67 bits per heavy atom. The van der Waals surface area contributed by atoms with Gasteiger partial charge in [0.1, 0.15) is 11.4 Å². The van der Waals surface area contributed by atoms with Crippen molar-refractivity contribution in [2.45, 2.75) is 70.4 Å². The van der Waals surface area contributed by atoms with Crippen molar-refractivity contribution in [3.63, 3.8) is 0 Å². The lowest BCUT2D eigenvalue weighted by atomic mass is 9.93. The number of carbonyl (C=O) groups is 1. The summed E-state index contributed by atoms with van der Waals surface area (Å²) in [5.74, 6) is 2.33. The lowest BCUT2D eigenvalue weighted by molar-refractivity contribution is 0.0929. The van der Waals surface area contributed by atoms with Gasteiger partial charge in [0, 0.05) is 42.9 Å². The topological polar surface area (TPSA) is 94.7 Å². The minimum atomic E-state index is -0.0788. The highest BCUT2D eigenvalue weighted by molar-refractivity contribution is 5.95. The Bertz CT molecular complexity index is 1170. The fourth-order valence-electron chi connectivity index (χ4n) is 6.10. The van der Waals surface area contributed by atoms with Crippen LogP contribution in [0.1, 0.15) is 68.6 Å². The van der Waals surface area contributed by atoms with E-state index in [1.54, 1.807) is 13.2 Å². The number of methoxy groups -OCH3 is 1. The molecule has 1 atom stereocenters. The van der Waals surface area contributed by atoms with Crippen molar-refractivity contribution < 1.29 is 9.53 Å². The van der Waals surface area contributed by atoms with E-state index < -0.39 is 0 Å². The van der Waals surface area contributed by atoms with Gasteiger partial charge in [-0.3, -0.25) is 4.79 Å². The molecule has 0 spiro atoms. The van der Waals surface area contributed by atoms with E-state index in [2.05, 4.69) is 51.3 Å². The van der Waals surface area contributed by atoms with Crippen molar-refractivity contribution in [1.29, 1.82) is 0 Å². The van der Waals surface area contributed by atoms with Crippen LogP contribution in [0.3, 0.4) is 0 Å². The average Bonchev–Trinajstić information content (AvgIpc) is 3.08. The number of piperidine rings is 1. The van der Waals surface area contributed by atoms with Crippen molar-refractivity contribution in [2.24, 2.45) is 5.92 Å². The molecule has 3 heterocycles. The summed E-state index contributed by atoms with van der Waals surface area (Å²) in [7, 11) is 3.68. The molecule has 1 aliphatic carbocycles. The van der Waals surface area contributed by atoms with Crippen LogP contribution in [-0.2, 0) is 0 Å². The number of nitrogens with one attached hydrogen (secondary N) is 3. The monoisotopic (exact) mass is 533 g/mol. The van der Waals surface area contributed by atoms with Crippen LogP contribution in [0, 0.1) is 5.92 Å². The molecule has 1 saturated heterocycles. The van der Waals surface area contributed by atoms with Crippen LogP contribution in [0.25, 0.3) is 0 Å². The molecule has 3 aliphatic rings. The van der Waals surface area contributed by atoms with Crippen LogP contribution in [0.5, 0.6) is 5.75 Å². The van der Waals surface area contributed by atoms with Crippen LogP contribution in [0.4, 0.5) is 23.1 Å². The summed E-state index contributed by atoms with van der Waals surface area (Å²) >= 11 is 0. The summed E-state index contributed by atoms with van der Waals surface area (Å²) in [4.78, 5) is 27.3. The quantitative estimate of drug-likeness (QED) is 0.466. The zero-order chi connectivity index (χ0) is 27.4. The van der Waals surface area contributed by atoms with E-state index in [1.165, 1.54) is 32.1 Å². The molecule has 5 rings (SSSR count). The highest BCUT2D eigenvalue weighted by atomic mass is 16.5. The van der Waals surface area contributed by atoms with Crippen LogP contribution in [0.15, 0.2) is 36.7 Å². The molecule has 39 heavy (non-hydrogen) atoms. The van der Waals surface area contributed by atoms with E-state index in [4.69, 9.17) is 9.72 Å². The van der Waals surface area contributed by atoms with Crippen molar-refractivity contribution in [3.05, 3.63) is 42.2 Å². The molecule has 1 unspecified atom stereocenters. The maximum Gasteiger partial charge on any atom is 0.251 e. The van der Waals surface area contributed by atoms with E-state index in [-0.39, 0.29) is 11.9 Å². The van der Waals surface area contributed by atoms with Crippen molar-refractivity contribution >= 4 is 29.0 Å². The average molecular weight is 534 g/mol. The number of hydrogen-bond donors (Lipinski definition) is 3. The molecule has 1 amide bonds. The second-order valence-electron chi connectivity index (χ2n) is 11.0. The number of rotatable bonds is 7. The van der Waals surface area contributed by atoms with Crippen molar-refractivity contribution in [1.82, 2.24) is 20.6 Å². The summed E-state index contributed by atoms with van der Waals surface area (Å²) in [5.41, 5.74) is 3.40. The van der Waals surface area contributed by atoms with Gasteiger partial charge >= 0.3 is 0 Å². The number of anilines is 4. The van der Waals surface area contributed by atoms with Crippen molar-refractivity contribution in [3.8, 4) is 5.75 Å². The van der Waals surface area contributed by atoms with E-state index in [1.807, 2.05) is 18.3 Å². The van der Waals surface area contributed by atoms with Crippen LogP contribution < -0.4 is 30.5 Å². The summed E-state index contributed by atoms with van der Waals surface area (Å²) in [6, 6.07) is 6.14. The zero-order valence-electron chi connectivity index (χ0n) is 23.6. The number of aromatic nitrogens is 2. The third kappa shape index (κ3) is 5.98. The molecule has 2 fully saturated rings. The third-order valence-electron chi connectivity index (χ3n) is 8.60. The fourth-order valence-corrected chi connectivity index (χ4v) is 6.10. The number of nitrogens with zero attached hydrogens (tertiary/aromatic N) is 4. The maximum absolute atomic E-state index is 12.9. The molecule has 1 aromatic heterocycles. The molecular weight excluding hydrogens is 490 g/mol. The minimum absolute atomic E-state index is 0.0788. The van der Waals surface area contributed by atoms with Gasteiger partial charge in [-0.2, -0.15) is 4.98 Å². The Labute approximate surface area is 232 Å². The first kappa shape index (κ1) is 27.2. The standard InChI is InChI=1S/C30H43N7O2/c1-5-21-19-37(24-9-7-6-8-10-24)28-26(36(3)20(21)2)18-32-30(35-28)34-25-12-11-22(17-27(25)39-4)29(38)33-23-13-15-31-16-14-23/h11-12,17-18,21,23-24,31H,2,5-10,13-16,19H2,1,3-4H3,(H,33,38)(H,32,34,35). The van der Waals surface area contributed by atoms with Crippen LogP contribution in [-0.4, -0.2) is 61.8 Å². The van der Waals surface area contributed by atoms with Crippen LogP contribution in [0.2, 0.25) is 0 Å². The molecule has 0 radical (unpaired) electrons. The zero-order valence-corrected chi connectivity index (χ0v) is 23.6. The van der Waals surface area contributed by atoms with Gasteiger partial charge in [0.05, 0.1) is 19.0 Å². The number of amides is 1. The lowest BCUT2D eigenvalue weighted by Crippen LogP contribution is -2.42. The highest BCUT2D eigenvalue weighted by Gasteiger charge is 2.33. The Balaban J connectivity index is 1.40. The predicted molar refractivity (Wildman–Crippen MR) is 157 cm³/mol. The molecule has 2 aromatic rings. The van der Waals surface area contributed by atoms with E-state index in [9.17, 15) is 4.79 Å². The second-order valence-corrected chi connectivity index (χ2v) is 11.0. The second kappa shape index (κ2) is 12.2. The summed E-state index contributed by atoms with van der Waals surface area (Å²) in [6.07, 6.45) is 11.0. The van der Waals surface area contributed by atoms with Crippen LogP contribution >= 0.6 is 0 Å². The van der Waals surface area contributed by atoms with Gasteiger partial charge in [-0.1, -0.05) is 32.8 Å².